The maximum atomic E-state index is 4.28. The van der Waals surface area contributed by atoms with E-state index >= 15 is 0 Å². The molecule has 2 aromatic rings. The van der Waals surface area contributed by atoms with Crippen LogP contribution in [0.1, 0.15) is 56.8 Å². The molecule has 0 amide bonds. The van der Waals surface area contributed by atoms with E-state index in [0.717, 1.165) is 0 Å². The Morgan fingerprint density at radius 1 is 1.10 bits per heavy atom. The highest BCUT2D eigenvalue weighted by Gasteiger charge is 2.22. The van der Waals surface area contributed by atoms with Crippen molar-refractivity contribution >= 4 is 0 Å². The molecule has 1 N–H and O–H groups in total. The molecular formula is C18H27N3. The van der Waals surface area contributed by atoms with Gasteiger partial charge in [0.05, 0.1) is 6.20 Å². The van der Waals surface area contributed by atoms with Gasteiger partial charge in [0.25, 0.3) is 0 Å². The molecule has 0 aliphatic heterocycles. The molecule has 0 aliphatic carbocycles. The molecule has 1 aromatic heterocycles. The highest BCUT2D eigenvalue weighted by Crippen LogP contribution is 2.30. The van der Waals surface area contributed by atoms with Gasteiger partial charge in [0, 0.05) is 30.9 Å². The predicted octanol–water partition coefficient (Wildman–Crippen LogP) is 4.25. The maximum Gasteiger partial charge on any atom is 0.0537 e. The topological polar surface area (TPSA) is 29.9 Å². The van der Waals surface area contributed by atoms with Crippen LogP contribution < -0.4 is 5.32 Å². The summed E-state index contributed by atoms with van der Waals surface area (Å²) < 4.78 is 1.86. The summed E-state index contributed by atoms with van der Waals surface area (Å²) in [6, 6.07) is 11.5. The monoisotopic (exact) mass is 285 g/mol. The number of rotatable bonds is 7. The van der Waals surface area contributed by atoms with Crippen LogP contribution in [0.15, 0.2) is 42.7 Å². The fourth-order valence-electron chi connectivity index (χ4n) is 2.95. The van der Waals surface area contributed by atoms with Gasteiger partial charge in [-0.1, -0.05) is 57.0 Å². The van der Waals surface area contributed by atoms with Crippen molar-refractivity contribution in [2.45, 2.75) is 45.7 Å². The predicted molar refractivity (Wildman–Crippen MR) is 88.0 cm³/mol. The molecule has 1 aromatic carbocycles. The van der Waals surface area contributed by atoms with Crippen LogP contribution in [-0.2, 0) is 7.05 Å². The summed E-state index contributed by atoms with van der Waals surface area (Å²) >= 11 is 0. The second kappa shape index (κ2) is 7.41. The minimum absolute atomic E-state index is 0.296. The number of nitrogens with zero attached hydrogens (tertiary/aromatic N) is 2. The van der Waals surface area contributed by atoms with E-state index in [-0.39, 0.29) is 0 Å². The molecule has 21 heavy (non-hydrogen) atoms. The molecule has 2 unspecified atom stereocenters. The van der Waals surface area contributed by atoms with Crippen LogP contribution in [0.4, 0.5) is 0 Å². The van der Waals surface area contributed by atoms with E-state index in [9.17, 15) is 0 Å². The average molecular weight is 285 g/mol. The number of hydrogen-bond acceptors (Lipinski definition) is 2. The van der Waals surface area contributed by atoms with Gasteiger partial charge >= 0.3 is 0 Å². The number of hydrogen-bond donors (Lipinski definition) is 1. The number of benzene rings is 1. The molecule has 0 spiro atoms. The quantitative estimate of drug-likeness (QED) is 0.824. The Kier molecular flexibility index (Phi) is 5.57. The van der Waals surface area contributed by atoms with Crippen molar-refractivity contribution in [1.82, 2.24) is 15.1 Å². The van der Waals surface area contributed by atoms with Crippen molar-refractivity contribution in [2.24, 2.45) is 13.0 Å². The largest absolute Gasteiger partial charge is 0.303 e. The van der Waals surface area contributed by atoms with E-state index in [1.165, 1.54) is 24.0 Å². The first kappa shape index (κ1) is 15.8. The Balaban J connectivity index is 2.19. The normalized spacial score (nSPS) is 14.3. The minimum atomic E-state index is 0.296. The van der Waals surface area contributed by atoms with Gasteiger partial charge in [-0.15, -0.1) is 0 Å². The van der Waals surface area contributed by atoms with Crippen LogP contribution in [0.2, 0.25) is 0 Å². The molecule has 0 aliphatic rings. The van der Waals surface area contributed by atoms with Gasteiger partial charge in [-0.3, -0.25) is 4.68 Å². The summed E-state index contributed by atoms with van der Waals surface area (Å²) in [5.74, 6) is 0.645. The van der Waals surface area contributed by atoms with E-state index in [1.54, 1.807) is 0 Å². The fraction of sp³-hybridized carbons (Fsp3) is 0.500. The van der Waals surface area contributed by atoms with Gasteiger partial charge in [-0.2, -0.15) is 5.10 Å². The summed E-state index contributed by atoms with van der Waals surface area (Å²) in [5.41, 5.74) is 2.62. The standard InChI is InChI=1S/C18H27N3/c1-5-15(6-2)18(16-10-8-7-9-11-16)20-14(3)17-12-19-21(4)13-17/h7-15,18,20H,5-6H2,1-4H3. The first-order chi connectivity index (χ1) is 10.2. The first-order valence-electron chi connectivity index (χ1n) is 7.95. The lowest BCUT2D eigenvalue weighted by atomic mass is 9.88. The van der Waals surface area contributed by atoms with Crippen molar-refractivity contribution in [3.8, 4) is 0 Å². The molecule has 0 bridgehead atoms. The average Bonchev–Trinajstić information content (AvgIpc) is 2.95. The number of aromatic nitrogens is 2. The minimum Gasteiger partial charge on any atom is -0.303 e. The van der Waals surface area contributed by atoms with Crippen LogP contribution in [0, 0.1) is 5.92 Å². The van der Waals surface area contributed by atoms with E-state index in [2.05, 4.69) is 67.7 Å². The maximum absolute atomic E-state index is 4.28. The first-order valence-corrected chi connectivity index (χ1v) is 7.95. The second-order valence-corrected chi connectivity index (χ2v) is 5.80. The Morgan fingerprint density at radius 3 is 2.29 bits per heavy atom. The second-order valence-electron chi connectivity index (χ2n) is 5.80. The summed E-state index contributed by atoms with van der Waals surface area (Å²) in [6.07, 6.45) is 6.41. The van der Waals surface area contributed by atoms with Crippen molar-refractivity contribution in [3.05, 3.63) is 53.9 Å². The Hall–Kier alpha value is -1.61. The molecule has 0 saturated heterocycles. The van der Waals surface area contributed by atoms with Crippen LogP contribution in [0.25, 0.3) is 0 Å². The summed E-state index contributed by atoms with van der Waals surface area (Å²) in [5, 5.41) is 8.09. The highest BCUT2D eigenvalue weighted by molar-refractivity contribution is 5.21. The van der Waals surface area contributed by atoms with Gasteiger partial charge in [0.2, 0.25) is 0 Å². The number of aryl methyl sites for hydroxylation is 1. The lowest BCUT2D eigenvalue weighted by Gasteiger charge is -2.30. The molecule has 114 valence electrons. The van der Waals surface area contributed by atoms with Crippen molar-refractivity contribution < 1.29 is 0 Å². The molecule has 0 saturated carbocycles. The molecular weight excluding hydrogens is 258 g/mol. The fourth-order valence-corrected chi connectivity index (χ4v) is 2.95. The zero-order chi connectivity index (χ0) is 15.2. The van der Waals surface area contributed by atoms with Gasteiger partial charge in [-0.25, -0.2) is 0 Å². The van der Waals surface area contributed by atoms with Crippen LogP contribution >= 0.6 is 0 Å². The lowest BCUT2D eigenvalue weighted by molar-refractivity contribution is 0.316. The third-order valence-electron chi connectivity index (χ3n) is 4.33. The molecule has 0 fully saturated rings. The van der Waals surface area contributed by atoms with E-state index in [1.807, 2.05) is 17.9 Å². The Labute approximate surface area is 128 Å². The van der Waals surface area contributed by atoms with Gasteiger partial charge in [0.15, 0.2) is 0 Å². The van der Waals surface area contributed by atoms with Crippen LogP contribution in [0.5, 0.6) is 0 Å². The molecule has 1 heterocycles. The zero-order valence-corrected chi connectivity index (χ0v) is 13.6. The molecule has 3 nitrogen and oxygen atoms in total. The molecule has 0 radical (unpaired) electrons. The van der Waals surface area contributed by atoms with Crippen molar-refractivity contribution in [3.63, 3.8) is 0 Å². The molecule has 2 atom stereocenters. The summed E-state index contributed by atoms with van der Waals surface area (Å²) in [6.45, 7) is 6.77. The summed E-state index contributed by atoms with van der Waals surface area (Å²) in [4.78, 5) is 0. The zero-order valence-electron chi connectivity index (χ0n) is 13.6. The molecule has 2 rings (SSSR count). The van der Waals surface area contributed by atoms with E-state index in [4.69, 9.17) is 0 Å². The summed E-state index contributed by atoms with van der Waals surface area (Å²) in [7, 11) is 1.96. The van der Waals surface area contributed by atoms with E-state index in [0.29, 0.717) is 18.0 Å². The lowest BCUT2D eigenvalue weighted by Crippen LogP contribution is -2.30. The third kappa shape index (κ3) is 3.94. The van der Waals surface area contributed by atoms with Gasteiger partial charge in [0.1, 0.15) is 0 Å². The van der Waals surface area contributed by atoms with Crippen LogP contribution in [0.3, 0.4) is 0 Å². The molecule has 3 heteroatoms. The van der Waals surface area contributed by atoms with Crippen LogP contribution in [-0.4, -0.2) is 9.78 Å². The van der Waals surface area contributed by atoms with Crippen molar-refractivity contribution in [2.75, 3.05) is 0 Å². The Morgan fingerprint density at radius 2 is 1.76 bits per heavy atom. The number of nitrogens with one attached hydrogen (secondary N) is 1. The van der Waals surface area contributed by atoms with E-state index < -0.39 is 0 Å². The third-order valence-corrected chi connectivity index (χ3v) is 4.33. The highest BCUT2D eigenvalue weighted by atomic mass is 15.2. The van der Waals surface area contributed by atoms with Gasteiger partial charge in [-0.05, 0) is 18.4 Å². The smallest absolute Gasteiger partial charge is 0.0537 e. The van der Waals surface area contributed by atoms with Gasteiger partial charge < -0.3 is 5.32 Å². The van der Waals surface area contributed by atoms with Crippen molar-refractivity contribution in [1.29, 1.82) is 0 Å². The Bertz CT molecular complexity index is 528. The SMILES string of the molecule is CCC(CC)C(NC(C)c1cnn(C)c1)c1ccccc1.